The van der Waals surface area contributed by atoms with Crippen molar-refractivity contribution in [3.05, 3.63) is 71.1 Å². The number of carbonyl (C=O) groups excluding carboxylic acids is 1. The van der Waals surface area contributed by atoms with Crippen molar-refractivity contribution >= 4 is 21.5 Å². The standard InChI is InChI=1S/C26H29FN6O3S/c1-16(4-5-17-6-8-20(36-3)9-7-17)22-11-10-21-23(37(29,35)32-22)15-33(2)25(21)26(34)31-18-12-19(14-28)30-24(27)13-18/h6-9,12-13,15-16,22H,4-5,10-11H2,1-3H3,(H2,29,32,35)(H,30,31,34)/t16-,22?,37?/m0/s1. The van der Waals surface area contributed by atoms with Crippen LogP contribution in [0.1, 0.15) is 47.1 Å². The predicted molar refractivity (Wildman–Crippen MR) is 137 cm³/mol. The fourth-order valence-corrected chi connectivity index (χ4v) is 6.43. The van der Waals surface area contributed by atoms with Crippen LogP contribution in [-0.4, -0.2) is 32.8 Å². The number of aromatic nitrogens is 2. The van der Waals surface area contributed by atoms with E-state index in [0.717, 1.165) is 24.7 Å². The van der Waals surface area contributed by atoms with E-state index in [-0.39, 0.29) is 33.9 Å². The van der Waals surface area contributed by atoms with Gasteiger partial charge in [0.25, 0.3) is 5.91 Å². The van der Waals surface area contributed by atoms with Crippen LogP contribution < -0.4 is 14.8 Å². The monoisotopic (exact) mass is 524 g/mol. The van der Waals surface area contributed by atoms with E-state index in [2.05, 4.69) is 21.9 Å². The molecule has 2 unspecified atom stereocenters. The van der Waals surface area contributed by atoms with Crippen molar-refractivity contribution in [1.29, 1.82) is 10.0 Å². The quantitative estimate of drug-likeness (QED) is 0.399. The average molecular weight is 525 g/mol. The van der Waals surface area contributed by atoms with Crippen LogP contribution in [0.25, 0.3) is 0 Å². The minimum Gasteiger partial charge on any atom is -0.497 e. The number of fused-ring (bicyclic) bond motifs is 1. The number of carbonyl (C=O) groups is 1. The molecule has 1 aliphatic heterocycles. The molecule has 2 aromatic heterocycles. The molecular formula is C26H29FN6O3S. The first-order chi connectivity index (χ1) is 17.6. The molecule has 1 aliphatic rings. The van der Waals surface area contributed by atoms with Crippen LogP contribution in [0, 0.1) is 28.0 Å². The van der Waals surface area contributed by atoms with Crippen LogP contribution in [0.2, 0.25) is 0 Å². The Bertz CT molecular complexity index is 1460. The van der Waals surface area contributed by atoms with E-state index in [1.54, 1.807) is 26.4 Å². The number of halogens is 1. The molecule has 1 amide bonds. The average Bonchev–Trinajstić information content (AvgIpc) is 3.15. The number of hydrogen-bond acceptors (Lipinski definition) is 6. The third kappa shape index (κ3) is 5.81. The molecule has 0 aliphatic carbocycles. The SMILES string of the molecule is COc1ccc(CC[C@H](C)C2CCc3c(cn(C)c3C(=O)Nc3cc(F)nc(C#N)c3)S(=N)(=O)N2)cc1. The van der Waals surface area contributed by atoms with Crippen molar-refractivity contribution in [2.45, 2.75) is 43.5 Å². The van der Waals surface area contributed by atoms with Gasteiger partial charge in [-0.1, -0.05) is 19.1 Å². The highest BCUT2D eigenvalue weighted by Crippen LogP contribution is 2.31. The van der Waals surface area contributed by atoms with Crippen LogP contribution >= 0.6 is 0 Å². The van der Waals surface area contributed by atoms with E-state index in [9.17, 15) is 13.4 Å². The maximum atomic E-state index is 13.7. The molecule has 0 saturated heterocycles. The molecule has 9 nitrogen and oxygen atoms in total. The van der Waals surface area contributed by atoms with E-state index in [1.165, 1.54) is 16.2 Å². The summed E-state index contributed by atoms with van der Waals surface area (Å²) in [4.78, 5) is 16.9. The van der Waals surface area contributed by atoms with Gasteiger partial charge in [0.1, 0.15) is 33.1 Å². The Labute approximate surface area is 215 Å². The number of hydrogen-bond donors (Lipinski definition) is 3. The number of benzene rings is 1. The highest BCUT2D eigenvalue weighted by molar-refractivity contribution is 7.90. The molecule has 37 heavy (non-hydrogen) atoms. The number of ether oxygens (including phenoxy) is 1. The van der Waals surface area contributed by atoms with Gasteiger partial charge < -0.3 is 14.6 Å². The van der Waals surface area contributed by atoms with Crippen LogP contribution in [0.15, 0.2) is 47.5 Å². The zero-order valence-corrected chi connectivity index (χ0v) is 21.7. The van der Waals surface area contributed by atoms with Gasteiger partial charge in [0, 0.05) is 36.6 Å². The third-order valence-electron chi connectivity index (χ3n) is 6.70. The van der Waals surface area contributed by atoms with Gasteiger partial charge in [-0.25, -0.2) is 18.7 Å². The number of pyridine rings is 1. The number of rotatable bonds is 7. The van der Waals surface area contributed by atoms with Gasteiger partial charge in [-0.05, 0) is 55.4 Å². The normalized spacial score (nSPS) is 19.8. The lowest BCUT2D eigenvalue weighted by Crippen LogP contribution is -2.37. The Morgan fingerprint density at radius 2 is 2.14 bits per heavy atom. The molecule has 0 fully saturated rings. The molecule has 0 radical (unpaired) electrons. The molecule has 3 atom stereocenters. The van der Waals surface area contributed by atoms with E-state index < -0.39 is 21.8 Å². The molecule has 3 N–H and O–H groups in total. The summed E-state index contributed by atoms with van der Waals surface area (Å²) in [5, 5.41) is 11.6. The molecule has 0 spiro atoms. The Hall–Kier alpha value is -3.75. The lowest BCUT2D eigenvalue weighted by molar-refractivity contribution is 0.101. The number of anilines is 1. The molecule has 0 saturated carbocycles. The zero-order valence-electron chi connectivity index (χ0n) is 20.9. The van der Waals surface area contributed by atoms with Gasteiger partial charge in [-0.3, -0.25) is 4.79 Å². The van der Waals surface area contributed by atoms with Crippen molar-refractivity contribution in [3.8, 4) is 11.8 Å². The second kappa shape index (κ2) is 10.7. The van der Waals surface area contributed by atoms with Crippen LogP contribution in [0.4, 0.5) is 10.1 Å². The first-order valence-corrected chi connectivity index (χ1v) is 13.4. The molecular weight excluding hydrogens is 495 g/mol. The molecule has 11 heteroatoms. The van der Waals surface area contributed by atoms with Crippen LogP contribution in [-0.2, 0) is 29.8 Å². The summed E-state index contributed by atoms with van der Waals surface area (Å²) in [5.74, 6) is -0.495. The first kappa shape index (κ1) is 26.3. The van der Waals surface area contributed by atoms with Gasteiger partial charge in [0.2, 0.25) is 5.95 Å². The summed E-state index contributed by atoms with van der Waals surface area (Å²) < 4.78 is 45.7. The number of amides is 1. The topological polar surface area (TPSA) is 133 Å². The lowest BCUT2D eigenvalue weighted by atomic mass is 9.91. The molecule has 3 aromatic rings. The van der Waals surface area contributed by atoms with E-state index >= 15 is 0 Å². The summed E-state index contributed by atoms with van der Waals surface area (Å²) in [6, 6.07) is 11.8. The van der Waals surface area contributed by atoms with Gasteiger partial charge in [-0.15, -0.1) is 0 Å². The highest BCUT2D eigenvalue weighted by atomic mass is 32.2. The summed E-state index contributed by atoms with van der Waals surface area (Å²) in [5.41, 5.74) is 1.88. The third-order valence-corrected chi connectivity index (χ3v) is 8.30. The second-order valence-corrected chi connectivity index (χ2v) is 11.0. The first-order valence-electron chi connectivity index (χ1n) is 11.9. The molecule has 4 rings (SSSR count). The summed E-state index contributed by atoms with van der Waals surface area (Å²) in [7, 11) is -0.101. The molecule has 1 aromatic carbocycles. The molecule has 194 valence electrons. The lowest BCUT2D eigenvalue weighted by Gasteiger charge is -2.24. The minimum atomic E-state index is -3.37. The van der Waals surface area contributed by atoms with Crippen molar-refractivity contribution in [1.82, 2.24) is 14.3 Å². The summed E-state index contributed by atoms with van der Waals surface area (Å²) in [6.07, 6.45) is 4.26. The Morgan fingerprint density at radius 1 is 1.41 bits per heavy atom. The Kier molecular flexibility index (Phi) is 7.61. The summed E-state index contributed by atoms with van der Waals surface area (Å²) >= 11 is 0. The van der Waals surface area contributed by atoms with Gasteiger partial charge in [0.05, 0.1) is 12.0 Å². The van der Waals surface area contributed by atoms with Crippen LogP contribution in [0.3, 0.4) is 0 Å². The van der Waals surface area contributed by atoms with Gasteiger partial charge >= 0.3 is 0 Å². The summed E-state index contributed by atoms with van der Waals surface area (Å²) in [6.45, 7) is 2.07. The van der Waals surface area contributed by atoms with Gasteiger partial charge in [0.15, 0.2) is 0 Å². The second-order valence-electron chi connectivity index (χ2n) is 9.24. The van der Waals surface area contributed by atoms with E-state index in [0.29, 0.717) is 18.4 Å². The van der Waals surface area contributed by atoms with Gasteiger partial charge in [-0.2, -0.15) is 9.65 Å². The Morgan fingerprint density at radius 3 is 2.81 bits per heavy atom. The molecule has 0 bridgehead atoms. The number of nitrogens with zero attached hydrogens (tertiary/aromatic N) is 3. The minimum absolute atomic E-state index is 0.0902. The predicted octanol–water partition coefficient (Wildman–Crippen LogP) is 4.19. The number of nitriles is 1. The number of methoxy groups -OCH3 is 1. The fraction of sp³-hybridized carbons (Fsp3) is 0.346. The maximum Gasteiger partial charge on any atom is 0.272 e. The zero-order chi connectivity index (χ0) is 26.7. The Balaban J connectivity index is 1.51. The van der Waals surface area contributed by atoms with Crippen molar-refractivity contribution in [3.63, 3.8) is 0 Å². The highest BCUT2D eigenvalue weighted by Gasteiger charge is 2.32. The largest absolute Gasteiger partial charge is 0.497 e. The number of aryl methyl sites for hydroxylation is 2. The van der Waals surface area contributed by atoms with E-state index in [4.69, 9.17) is 14.8 Å². The smallest absolute Gasteiger partial charge is 0.272 e. The van der Waals surface area contributed by atoms with E-state index in [1.807, 2.05) is 24.3 Å². The van der Waals surface area contributed by atoms with Crippen molar-refractivity contribution in [2.24, 2.45) is 13.0 Å². The maximum absolute atomic E-state index is 13.7. The number of nitrogens with one attached hydrogen (secondary N) is 3. The van der Waals surface area contributed by atoms with Crippen molar-refractivity contribution < 1.29 is 18.1 Å². The van der Waals surface area contributed by atoms with Crippen LogP contribution in [0.5, 0.6) is 5.75 Å². The molecule has 3 heterocycles. The fourth-order valence-electron chi connectivity index (χ4n) is 4.67. The van der Waals surface area contributed by atoms with Crippen molar-refractivity contribution in [2.75, 3.05) is 12.4 Å².